The van der Waals surface area contributed by atoms with E-state index in [0.29, 0.717) is 11.7 Å². The van der Waals surface area contributed by atoms with E-state index < -0.39 is 0 Å². The van der Waals surface area contributed by atoms with Crippen molar-refractivity contribution in [1.29, 1.82) is 0 Å². The lowest BCUT2D eigenvalue weighted by Gasteiger charge is -2.32. The molecule has 0 N–H and O–H groups in total. The average Bonchev–Trinajstić information content (AvgIpc) is 1.52. The second-order valence-corrected chi connectivity index (χ2v) is 3.18. The Bertz CT molecular complexity index is 129. The first kappa shape index (κ1) is 6.35. The van der Waals surface area contributed by atoms with Gasteiger partial charge in [-0.15, -0.1) is 0 Å². The largest absolute Gasteiger partial charge is 0.370 e. The Morgan fingerprint density at radius 3 is 2.30 bits per heavy atom. The van der Waals surface area contributed by atoms with E-state index in [1.54, 1.807) is 0 Å². The maximum Gasteiger partial charge on any atom is 0.164 e. The van der Waals surface area contributed by atoms with Crippen molar-refractivity contribution in [1.82, 2.24) is 0 Å². The van der Waals surface area contributed by atoms with Crippen LogP contribution in [0.4, 0.5) is 0 Å². The highest BCUT2D eigenvalue weighted by molar-refractivity contribution is 5.86. The molecule has 1 aliphatic carbocycles. The molecule has 1 aliphatic heterocycles. The molecule has 2 aliphatic rings. The molecule has 1 heterocycles. The molecule has 2 rings (SSSR count). The minimum absolute atomic E-state index is 0.00898. The van der Waals surface area contributed by atoms with Gasteiger partial charge in [0.2, 0.25) is 0 Å². The molecule has 56 valence electrons. The second-order valence-electron chi connectivity index (χ2n) is 3.18. The molecule has 1 saturated heterocycles. The molecule has 0 aromatic carbocycles. The number of hydrogen-bond acceptors (Lipinski definition) is 2. The summed E-state index contributed by atoms with van der Waals surface area (Å²) in [5, 5.41) is 0. The van der Waals surface area contributed by atoms with Crippen LogP contribution < -0.4 is 0 Å². The Hall–Kier alpha value is -0.370. The lowest BCUT2D eigenvalue weighted by molar-refractivity contribution is -0.149. The summed E-state index contributed by atoms with van der Waals surface area (Å²) in [6.07, 6.45) is 4.42. The quantitative estimate of drug-likeness (QED) is 0.575. The van der Waals surface area contributed by atoms with Gasteiger partial charge >= 0.3 is 0 Å². The van der Waals surface area contributed by atoms with Gasteiger partial charge in [0.25, 0.3) is 0 Å². The Labute approximate surface area is 60.6 Å². The van der Waals surface area contributed by atoms with Crippen molar-refractivity contribution in [3.05, 3.63) is 0 Å². The standard InChI is InChI=1S/C8H12O2/c9-8(6-2-1-3-6)7-4-5-10-7/h6-7H,1-5H2. The topological polar surface area (TPSA) is 26.3 Å². The van der Waals surface area contributed by atoms with Crippen molar-refractivity contribution < 1.29 is 9.53 Å². The van der Waals surface area contributed by atoms with Gasteiger partial charge in [-0.05, 0) is 12.8 Å². The van der Waals surface area contributed by atoms with E-state index in [1.807, 2.05) is 0 Å². The third-order valence-electron chi connectivity index (χ3n) is 2.52. The third-order valence-corrected chi connectivity index (χ3v) is 2.52. The number of ether oxygens (including phenoxy) is 1. The second kappa shape index (κ2) is 2.35. The average molecular weight is 140 g/mol. The lowest BCUT2D eigenvalue weighted by Crippen LogP contribution is -2.40. The van der Waals surface area contributed by atoms with Gasteiger partial charge in [-0.2, -0.15) is 0 Å². The zero-order valence-electron chi connectivity index (χ0n) is 6.01. The summed E-state index contributed by atoms with van der Waals surface area (Å²) in [5.74, 6) is 0.739. The molecule has 0 amide bonds. The molecule has 1 unspecified atom stereocenters. The smallest absolute Gasteiger partial charge is 0.164 e. The van der Waals surface area contributed by atoms with Gasteiger partial charge in [0, 0.05) is 12.3 Å². The van der Waals surface area contributed by atoms with Crippen molar-refractivity contribution in [3.8, 4) is 0 Å². The molecule has 10 heavy (non-hydrogen) atoms. The highest BCUT2D eigenvalue weighted by atomic mass is 16.5. The van der Waals surface area contributed by atoms with Gasteiger partial charge < -0.3 is 4.74 Å². The molecular weight excluding hydrogens is 128 g/mol. The first-order valence-electron chi connectivity index (χ1n) is 4.03. The predicted octanol–water partition coefficient (Wildman–Crippen LogP) is 1.14. The van der Waals surface area contributed by atoms with E-state index >= 15 is 0 Å². The van der Waals surface area contributed by atoms with Crippen LogP contribution in [-0.4, -0.2) is 18.5 Å². The summed E-state index contributed by atoms with van der Waals surface area (Å²) < 4.78 is 5.10. The molecule has 0 aromatic rings. The van der Waals surface area contributed by atoms with Crippen molar-refractivity contribution >= 4 is 5.78 Å². The van der Waals surface area contributed by atoms with Crippen molar-refractivity contribution in [3.63, 3.8) is 0 Å². The van der Waals surface area contributed by atoms with Crippen LogP contribution in [0.2, 0.25) is 0 Å². The number of Topliss-reactive ketones (excluding diaryl/α,β-unsaturated/α-hetero) is 1. The van der Waals surface area contributed by atoms with Gasteiger partial charge in [-0.1, -0.05) is 6.42 Å². The fourth-order valence-corrected chi connectivity index (χ4v) is 1.42. The molecule has 0 spiro atoms. The highest BCUT2D eigenvalue weighted by Crippen LogP contribution is 2.30. The molecule has 2 fully saturated rings. The van der Waals surface area contributed by atoms with E-state index in [9.17, 15) is 4.79 Å². The number of hydrogen-bond donors (Lipinski definition) is 0. The summed E-state index contributed by atoms with van der Waals surface area (Å²) in [7, 11) is 0. The van der Waals surface area contributed by atoms with Crippen LogP contribution in [0, 0.1) is 5.92 Å². The molecule has 1 saturated carbocycles. The molecule has 1 atom stereocenters. The zero-order chi connectivity index (χ0) is 6.97. The fraction of sp³-hybridized carbons (Fsp3) is 0.875. The molecule has 0 radical (unpaired) electrons. The minimum atomic E-state index is -0.00898. The van der Waals surface area contributed by atoms with Crippen molar-refractivity contribution in [2.45, 2.75) is 31.8 Å². The van der Waals surface area contributed by atoms with Crippen LogP contribution in [0.5, 0.6) is 0 Å². The van der Waals surface area contributed by atoms with Crippen LogP contribution in [0.25, 0.3) is 0 Å². The van der Waals surface area contributed by atoms with E-state index in [1.165, 1.54) is 6.42 Å². The maximum absolute atomic E-state index is 11.3. The number of carbonyl (C=O) groups excluding carboxylic acids is 1. The summed E-state index contributed by atoms with van der Waals surface area (Å²) in [6.45, 7) is 0.795. The van der Waals surface area contributed by atoms with Gasteiger partial charge in [0.05, 0.1) is 6.61 Å². The predicted molar refractivity (Wildman–Crippen MR) is 36.7 cm³/mol. The summed E-state index contributed by atoms with van der Waals surface area (Å²) in [5.41, 5.74) is 0. The molecule has 2 nitrogen and oxygen atoms in total. The highest BCUT2D eigenvalue weighted by Gasteiger charge is 2.34. The van der Waals surface area contributed by atoms with Crippen LogP contribution in [0.15, 0.2) is 0 Å². The van der Waals surface area contributed by atoms with Crippen molar-refractivity contribution in [2.75, 3.05) is 6.61 Å². The van der Waals surface area contributed by atoms with E-state index in [2.05, 4.69) is 0 Å². The SMILES string of the molecule is O=C(C1CCC1)C1CCO1. The third kappa shape index (κ3) is 0.870. The minimum Gasteiger partial charge on any atom is -0.370 e. The fourth-order valence-electron chi connectivity index (χ4n) is 1.42. The van der Waals surface area contributed by atoms with Gasteiger partial charge in [-0.3, -0.25) is 4.79 Å². The first-order valence-corrected chi connectivity index (χ1v) is 4.03. The van der Waals surface area contributed by atoms with Crippen LogP contribution in [0.1, 0.15) is 25.7 Å². The van der Waals surface area contributed by atoms with E-state index in [0.717, 1.165) is 25.9 Å². The van der Waals surface area contributed by atoms with Crippen LogP contribution in [0.3, 0.4) is 0 Å². The summed E-state index contributed by atoms with van der Waals surface area (Å²) >= 11 is 0. The Balaban J connectivity index is 1.84. The number of ketones is 1. The van der Waals surface area contributed by atoms with Crippen molar-refractivity contribution in [2.24, 2.45) is 5.92 Å². The van der Waals surface area contributed by atoms with Gasteiger partial charge in [-0.25, -0.2) is 0 Å². The molecule has 0 bridgehead atoms. The van der Waals surface area contributed by atoms with Crippen LogP contribution in [-0.2, 0) is 9.53 Å². The molecule has 2 heteroatoms. The monoisotopic (exact) mass is 140 g/mol. The Kier molecular flexibility index (Phi) is 1.49. The van der Waals surface area contributed by atoms with E-state index in [-0.39, 0.29) is 6.10 Å². The summed E-state index contributed by atoms with van der Waals surface area (Å²) in [6, 6.07) is 0. The zero-order valence-corrected chi connectivity index (χ0v) is 6.01. The Morgan fingerprint density at radius 1 is 1.30 bits per heavy atom. The summed E-state index contributed by atoms with van der Waals surface area (Å²) in [4.78, 5) is 11.3. The normalized spacial score (nSPS) is 32.6. The maximum atomic E-state index is 11.3. The van der Waals surface area contributed by atoms with E-state index in [4.69, 9.17) is 4.74 Å². The number of rotatable bonds is 2. The molecule has 0 aromatic heterocycles. The van der Waals surface area contributed by atoms with Gasteiger partial charge in [0.1, 0.15) is 6.10 Å². The first-order chi connectivity index (χ1) is 4.88. The van der Waals surface area contributed by atoms with Crippen LogP contribution >= 0.6 is 0 Å². The van der Waals surface area contributed by atoms with Gasteiger partial charge in [0.15, 0.2) is 5.78 Å². The lowest BCUT2D eigenvalue weighted by atomic mass is 9.79. The molecular formula is C8H12O2. The Morgan fingerprint density at radius 2 is 2.00 bits per heavy atom. The number of carbonyl (C=O) groups is 1.